The zero-order valence-corrected chi connectivity index (χ0v) is 5.65. The van der Waals surface area contributed by atoms with Crippen molar-refractivity contribution in [3.05, 3.63) is 34.4 Å². The molecule has 0 spiro atoms. The molecule has 0 saturated carbocycles. The Kier molecular flexibility index (Phi) is 3.01. The first kappa shape index (κ1) is 9.38. The van der Waals surface area contributed by atoms with Crippen LogP contribution in [0.5, 0.6) is 0 Å². The summed E-state index contributed by atoms with van der Waals surface area (Å²) in [4.78, 5) is 9.62. The zero-order chi connectivity index (χ0) is 7.56. The highest BCUT2D eigenvalue weighted by molar-refractivity contribution is 5.44. The topological polar surface area (TPSA) is 101 Å². The summed E-state index contributed by atoms with van der Waals surface area (Å²) in [6, 6.07) is 5.74. The van der Waals surface area contributed by atoms with Crippen molar-refractivity contribution in [2.75, 3.05) is 5.73 Å². The summed E-state index contributed by atoms with van der Waals surface area (Å²) in [5.41, 5.74) is 5.90. The lowest BCUT2D eigenvalue weighted by Crippen LogP contribution is -1.88. The fraction of sp³-hybridized carbons (Fsp3) is 0. The fourth-order valence-electron chi connectivity index (χ4n) is 0.596. The molecule has 0 fully saturated rings. The molecule has 0 aliphatic carbocycles. The minimum absolute atomic E-state index is 0. The van der Waals surface area contributed by atoms with E-state index in [1.54, 1.807) is 0 Å². The number of hydrogen-bond acceptors (Lipinski definition) is 3. The molecule has 1 aromatic rings. The third-order valence-corrected chi connectivity index (χ3v) is 1.10. The highest BCUT2D eigenvalue weighted by Gasteiger charge is 2.00. The molecule has 0 bridgehead atoms. The van der Waals surface area contributed by atoms with Crippen molar-refractivity contribution < 1.29 is 10.4 Å². The van der Waals surface area contributed by atoms with E-state index in [1.165, 1.54) is 24.3 Å². The molecule has 0 aliphatic heterocycles. The molecule has 0 unspecified atom stereocenters. The van der Waals surface area contributed by atoms with E-state index in [0.29, 0.717) is 5.69 Å². The maximum Gasteiger partial charge on any atom is 0.269 e. The van der Waals surface area contributed by atoms with Gasteiger partial charge in [0, 0.05) is 17.8 Å². The minimum Gasteiger partial charge on any atom is -0.412 e. The van der Waals surface area contributed by atoms with Crippen molar-refractivity contribution in [1.82, 2.24) is 0 Å². The van der Waals surface area contributed by atoms with Crippen LogP contribution in [0.15, 0.2) is 24.3 Å². The molecule has 60 valence electrons. The Hall–Kier alpha value is -1.62. The van der Waals surface area contributed by atoms with Crippen molar-refractivity contribution in [3.63, 3.8) is 0 Å². The van der Waals surface area contributed by atoms with Crippen LogP contribution in [0.25, 0.3) is 0 Å². The number of hydrogen-bond donors (Lipinski definition) is 1. The van der Waals surface area contributed by atoms with E-state index in [1.807, 2.05) is 0 Å². The Labute approximate surface area is 62.9 Å². The van der Waals surface area contributed by atoms with E-state index in [0.717, 1.165) is 0 Å². The largest absolute Gasteiger partial charge is 0.412 e. The molecule has 0 atom stereocenters. The van der Waals surface area contributed by atoms with Gasteiger partial charge in [-0.1, -0.05) is 0 Å². The van der Waals surface area contributed by atoms with E-state index in [9.17, 15) is 10.1 Å². The van der Waals surface area contributed by atoms with Crippen LogP contribution in [0.2, 0.25) is 0 Å². The smallest absolute Gasteiger partial charge is 0.269 e. The molecule has 4 N–H and O–H groups in total. The number of nitrogen functional groups attached to an aromatic ring is 1. The van der Waals surface area contributed by atoms with Crippen molar-refractivity contribution in [2.45, 2.75) is 0 Å². The molecule has 0 radical (unpaired) electrons. The molecular weight excluding hydrogens is 148 g/mol. The van der Waals surface area contributed by atoms with Crippen LogP contribution in [-0.2, 0) is 0 Å². The van der Waals surface area contributed by atoms with Gasteiger partial charge in [0.2, 0.25) is 0 Å². The molecule has 11 heavy (non-hydrogen) atoms. The van der Waals surface area contributed by atoms with Gasteiger partial charge in [-0.25, -0.2) is 0 Å². The quantitative estimate of drug-likeness (QED) is 0.360. The van der Waals surface area contributed by atoms with Crippen LogP contribution in [0.3, 0.4) is 0 Å². The van der Waals surface area contributed by atoms with E-state index in [2.05, 4.69) is 0 Å². The maximum atomic E-state index is 10.1. The van der Waals surface area contributed by atoms with Gasteiger partial charge in [-0.2, -0.15) is 0 Å². The van der Waals surface area contributed by atoms with Crippen LogP contribution in [0.1, 0.15) is 0 Å². The Bertz CT molecular complexity index is 245. The number of benzene rings is 1. The Morgan fingerprint density at radius 2 is 1.73 bits per heavy atom. The third kappa shape index (κ3) is 2.23. The van der Waals surface area contributed by atoms with Gasteiger partial charge in [0.05, 0.1) is 4.92 Å². The molecule has 5 nitrogen and oxygen atoms in total. The predicted molar refractivity (Wildman–Crippen MR) is 41.1 cm³/mol. The molecule has 0 amide bonds. The molecule has 5 heteroatoms. The monoisotopic (exact) mass is 156 g/mol. The molecule has 1 aromatic carbocycles. The van der Waals surface area contributed by atoms with Crippen LogP contribution in [-0.4, -0.2) is 10.4 Å². The number of rotatable bonds is 1. The standard InChI is InChI=1S/C6H6N2O2.H2O/c7-5-1-3-6(4-2-5)8(9)10;/h1-4H,7H2;1H2. The van der Waals surface area contributed by atoms with Crippen molar-refractivity contribution in [1.29, 1.82) is 0 Å². The number of nitro benzene ring substituents is 1. The van der Waals surface area contributed by atoms with Gasteiger partial charge in [0.1, 0.15) is 0 Å². The molecule has 0 aliphatic rings. The van der Waals surface area contributed by atoms with Gasteiger partial charge in [-0.05, 0) is 12.1 Å². The molecule has 0 saturated heterocycles. The average Bonchev–Trinajstić information content (AvgIpc) is 1.88. The van der Waals surface area contributed by atoms with E-state index < -0.39 is 4.92 Å². The van der Waals surface area contributed by atoms with Crippen LogP contribution in [0, 0.1) is 10.1 Å². The van der Waals surface area contributed by atoms with E-state index >= 15 is 0 Å². The van der Waals surface area contributed by atoms with Crippen LogP contribution < -0.4 is 5.73 Å². The van der Waals surface area contributed by atoms with Gasteiger partial charge in [0.15, 0.2) is 0 Å². The predicted octanol–water partition coefficient (Wildman–Crippen LogP) is 0.352. The Morgan fingerprint density at radius 1 is 1.27 bits per heavy atom. The molecule has 1 rings (SSSR count). The second-order valence-electron chi connectivity index (χ2n) is 1.85. The summed E-state index contributed by atoms with van der Waals surface area (Å²) in [5.74, 6) is 0. The van der Waals surface area contributed by atoms with Gasteiger partial charge < -0.3 is 11.2 Å². The number of non-ortho nitro benzene ring substituents is 1. The lowest BCUT2D eigenvalue weighted by Gasteiger charge is -1.90. The summed E-state index contributed by atoms with van der Waals surface area (Å²) < 4.78 is 0. The van der Waals surface area contributed by atoms with Crippen molar-refractivity contribution >= 4 is 11.4 Å². The Morgan fingerprint density at radius 3 is 2.09 bits per heavy atom. The third-order valence-electron chi connectivity index (χ3n) is 1.10. The lowest BCUT2D eigenvalue weighted by atomic mass is 10.3. The molecule has 0 heterocycles. The molecular formula is C6H8N2O3. The highest BCUT2D eigenvalue weighted by atomic mass is 16.6. The van der Waals surface area contributed by atoms with E-state index in [4.69, 9.17) is 5.73 Å². The van der Waals surface area contributed by atoms with Gasteiger partial charge in [-0.3, -0.25) is 10.1 Å². The summed E-state index contributed by atoms with van der Waals surface area (Å²) in [5, 5.41) is 10.1. The summed E-state index contributed by atoms with van der Waals surface area (Å²) in [7, 11) is 0. The second kappa shape index (κ2) is 3.52. The minimum atomic E-state index is -0.459. The van der Waals surface area contributed by atoms with Crippen LogP contribution in [0.4, 0.5) is 11.4 Å². The van der Waals surface area contributed by atoms with Crippen molar-refractivity contribution in [3.8, 4) is 0 Å². The number of nitrogens with two attached hydrogens (primary N) is 1. The van der Waals surface area contributed by atoms with Gasteiger partial charge in [0.25, 0.3) is 5.69 Å². The Balaban J connectivity index is 0.000001000. The first-order valence-corrected chi connectivity index (χ1v) is 2.70. The SMILES string of the molecule is Nc1ccc([N+](=O)[O-])cc1.O. The lowest BCUT2D eigenvalue weighted by molar-refractivity contribution is -0.384. The van der Waals surface area contributed by atoms with E-state index in [-0.39, 0.29) is 11.2 Å². The van der Waals surface area contributed by atoms with Crippen molar-refractivity contribution in [2.24, 2.45) is 0 Å². The maximum absolute atomic E-state index is 10.1. The van der Waals surface area contributed by atoms with Gasteiger partial charge in [-0.15, -0.1) is 0 Å². The summed E-state index contributed by atoms with van der Waals surface area (Å²) >= 11 is 0. The fourth-order valence-corrected chi connectivity index (χ4v) is 0.596. The summed E-state index contributed by atoms with van der Waals surface area (Å²) in [6.07, 6.45) is 0. The summed E-state index contributed by atoms with van der Waals surface area (Å²) in [6.45, 7) is 0. The number of nitro groups is 1. The number of nitrogens with zero attached hydrogens (tertiary/aromatic N) is 1. The average molecular weight is 156 g/mol. The first-order valence-electron chi connectivity index (χ1n) is 2.70. The first-order chi connectivity index (χ1) is 4.70. The van der Waals surface area contributed by atoms with Crippen LogP contribution >= 0.6 is 0 Å². The second-order valence-corrected chi connectivity index (χ2v) is 1.85. The van der Waals surface area contributed by atoms with Gasteiger partial charge >= 0.3 is 0 Å². The molecule has 0 aromatic heterocycles. The number of anilines is 1. The normalized spacial score (nSPS) is 8.36. The highest BCUT2D eigenvalue weighted by Crippen LogP contribution is 2.11. The zero-order valence-electron chi connectivity index (χ0n) is 5.65.